The van der Waals surface area contributed by atoms with Crippen molar-refractivity contribution in [1.82, 2.24) is 0 Å². The van der Waals surface area contributed by atoms with E-state index in [0.717, 1.165) is 6.92 Å². The number of hydrogen-bond donors (Lipinski definition) is 4. The summed E-state index contributed by atoms with van der Waals surface area (Å²) in [6, 6.07) is 0. The zero-order valence-corrected chi connectivity index (χ0v) is 7.72. The van der Waals surface area contributed by atoms with Crippen molar-refractivity contribution in [2.24, 2.45) is 0 Å². The van der Waals surface area contributed by atoms with Gasteiger partial charge in [-0.25, -0.2) is 4.57 Å². The lowest BCUT2D eigenvalue weighted by molar-refractivity contribution is -0.132. The van der Waals surface area contributed by atoms with Crippen LogP contribution in [0.3, 0.4) is 0 Å². The van der Waals surface area contributed by atoms with Gasteiger partial charge in [0, 0.05) is 0 Å². The van der Waals surface area contributed by atoms with Gasteiger partial charge in [-0.15, -0.1) is 0 Å². The van der Waals surface area contributed by atoms with E-state index in [1.807, 2.05) is 0 Å². The van der Waals surface area contributed by atoms with Crippen molar-refractivity contribution in [2.45, 2.75) is 19.1 Å². The summed E-state index contributed by atoms with van der Waals surface area (Å²) in [7, 11) is -4.67. The van der Waals surface area contributed by atoms with Crippen molar-refractivity contribution >= 4 is 13.6 Å². The van der Waals surface area contributed by atoms with Gasteiger partial charge < -0.3 is 20.0 Å². The Morgan fingerprint density at radius 2 is 1.92 bits per heavy atom. The Labute approximate surface area is 74.2 Å². The predicted molar refractivity (Wildman–Crippen MR) is 40.7 cm³/mol. The van der Waals surface area contributed by atoms with Gasteiger partial charge in [0.15, 0.2) is 5.78 Å². The van der Waals surface area contributed by atoms with E-state index < -0.39 is 32.4 Å². The average molecular weight is 217 g/mol. The Bertz CT molecular complexity index is 221. The molecule has 0 aliphatic heterocycles. The Morgan fingerprint density at radius 1 is 1.46 bits per heavy atom. The van der Waals surface area contributed by atoms with Crippen LogP contribution in [0.5, 0.6) is 0 Å². The van der Waals surface area contributed by atoms with Crippen LogP contribution in [0.4, 0.5) is 0 Å². The number of carbonyl (C=O) groups is 1. The summed E-state index contributed by atoms with van der Waals surface area (Å²) < 4.78 is 14.0. The Balaban J connectivity index is 3.95. The fraction of sp³-hybridized carbons (Fsp3) is 0.800. The van der Waals surface area contributed by atoms with E-state index in [1.54, 1.807) is 0 Å². The number of ketones is 1. The van der Waals surface area contributed by atoms with E-state index in [2.05, 4.69) is 4.52 Å². The minimum Gasteiger partial charge on any atom is -0.388 e. The molecule has 0 bridgehead atoms. The van der Waals surface area contributed by atoms with Gasteiger partial charge in [0.2, 0.25) is 0 Å². The molecule has 2 atom stereocenters. The number of phosphoric acid groups is 1. The lowest BCUT2D eigenvalue weighted by atomic mass is 10.6. The van der Waals surface area contributed by atoms with E-state index >= 15 is 0 Å². The van der Waals surface area contributed by atoms with Crippen LogP contribution in [0.2, 0.25) is 0 Å². The second kappa shape index (κ2) is 4.80. The third-order valence-corrected chi connectivity index (χ3v) is 1.68. The second-order valence-electron chi connectivity index (χ2n) is 2.41. The van der Waals surface area contributed by atoms with E-state index in [0.29, 0.717) is 0 Å². The number of phosphoric ester groups is 1. The number of hydrogen-bond acceptors (Lipinski definition) is 5. The molecule has 0 amide bonds. The lowest BCUT2D eigenvalue weighted by Crippen LogP contribution is -2.35. The fourth-order valence-corrected chi connectivity index (χ4v) is 0.882. The molecular formula is C5H11O7P. The van der Waals surface area contributed by atoms with Crippen molar-refractivity contribution in [1.29, 1.82) is 0 Å². The minimum absolute atomic E-state index is 0.707. The first-order valence-corrected chi connectivity index (χ1v) is 4.83. The van der Waals surface area contributed by atoms with E-state index in [-0.39, 0.29) is 0 Å². The Kier molecular flexibility index (Phi) is 4.69. The molecule has 0 radical (unpaired) electrons. The molecule has 0 saturated heterocycles. The van der Waals surface area contributed by atoms with Gasteiger partial charge in [-0.2, -0.15) is 0 Å². The zero-order chi connectivity index (χ0) is 10.6. The van der Waals surface area contributed by atoms with Gasteiger partial charge in [0.1, 0.15) is 12.2 Å². The highest BCUT2D eigenvalue weighted by atomic mass is 31.2. The highest BCUT2D eigenvalue weighted by Crippen LogP contribution is 2.35. The van der Waals surface area contributed by atoms with Crippen LogP contribution in [0.1, 0.15) is 6.92 Å². The first kappa shape index (κ1) is 12.7. The molecule has 0 aliphatic carbocycles. The fourth-order valence-electron chi connectivity index (χ4n) is 0.536. The maximum absolute atomic E-state index is 10.5. The minimum atomic E-state index is -4.67. The molecule has 0 unspecified atom stereocenters. The van der Waals surface area contributed by atoms with Gasteiger partial charge in [-0.1, -0.05) is 0 Å². The molecule has 0 rings (SSSR count). The molecule has 0 saturated carbocycles. The van der Waals surface area contributed by atoms with Gasteiger partial charge >= 0.3 is 7.82 Å². The summed E-state index contributed by atoms with van der Waals surface area (Å²) in [4.78, 5) is 26.8. The van der Waals surface area contributed by atoms with Crippen LogP contribution in [0.15, 0.2) is 0 Å². The number of aliphatic hydroxyl groups excluding tert-OH is 2. The van der Waals surface area contributed by atoms with Gasteiger partial charge in [-0.3, -0.25) is 9.32 Å². The second-order valence-corrected chi connectivity index (χ2v) is 3.65. The molecule has 0 fully saturated rings. The number of aliphatic hydroxyl groups is 2. The first-order chi connectivity index (χ1) is 5.74. The van der Waals surface area contributed by atoms with E-state index in [9.17, 15) is 9.36 Å². The van der Waals surface area contributed by atoms with Gasteiger partial charge in [0.05, 0.1) is 6.61 Å². The Morgan fingerprint density at radius 3 is 2.23 bits per heavy atom. The summed E-state index contributed by atoms with van der Waals surface area (Å²) in [5, 5.41) is 17.8. The number of Topliss-reactive ketones (excluding diaryl/α,β-unsaturated/α-hetero) is 1. The summed E-state index contributed by atoms with van der Waals surface area (Å²) in [6.45, 7) is 0.233. The van der Waals surface area contributed by atoms with Crippen molar-refractivity contribution in [3.05, 3.63) is 0 Å². The molecule has 0 aromatic heterocycles. The molecule has 0 aromatic rings. The molecule has 0 spiro atoms. The normalized spacial score (nSPS) is 16.7. The summed E-state index contributed by atoms with van der Waals surface area (Å²) >= 11 is 0. The predicted octanol–water partition coefficient (Wildman–Crippen LogP) is -1.59. The maximum Gasteiger partial charge on any atom is 0.469 e. The molecule has 4 N–H and O–H groups in total. The highest BCUT2D eigenvalue weighted by Gasteiger charge is 2.24. The maximum atomic E-state index is 10.5. The molecule has 78 valence electrons. The largest absolute Gasteiger partial charge is 0.469 e. The molecule has 0 heterocycles. The van der Waals surface area contributed by atoms with Crippen molar-refractivity contribution < 1.29 is 33.9 Å². The first-order valence-electron chi connectivity index (χ1n) is 3.30. The van der Waals surface area contributed by atoms with Crippen LogP contribution >= 0.6 is 7.82 Å². The zero-order valence-electron chi connectivity index (χ0n) is 6.82. The smallest absolute Gasteiger partial charge is 0.388 e. The SMILES string of the molecule is CC(=O)[13C@H](O)[13C@@H](O)[13CH2]OP(=O)(O)O. The quantitative estimate of drug-likeness (QED) is 0.323. The van der Waals surface area contributed by atoms with Gasteiger partial charge in [-0.05, 0) is 6.92 Å². The van der Waals surface area contributed by atoms with Crippen LogP contribution in [-0.4, -0.2) is 44.6 Å². The van der Waals surface area contributed by atoms with Crippen LogP contribution in [-0.2, 0) is 13.9 Å². The number of carbonyl (C=O) groups excluding carboxylic acids is 1. The highest BCUT2D eigenvalue weighted by molar-refractivity contribution is 7.46. The van der Waals surface area contributed by atoms with Gasteiger partial charge in [0.25, 0.3) is 0 Å². The van der Waals surface area contributed by atoms with E-state index in [4.69, 9.17) is 20.0 Å². The molecule has 13 heavy (non-hydrogen) atoms. The molecule has 0 aromatic carbocycles. The lowest BCUT2D eigenvalue weighted by Gasteiger charge is -2.15. The van der Waals surface area contributed by atoms with Crippen LogP contribution in [0, 0.1) is 0 Å². The topological polar surface area (TPSA) is 124 Å². The third kappa shape index (κ3) is 5.87. The molecular weight excluding hydrogens is 206 g/mol. The van der Waals surface area contributed by atoms with Crippen molar-refractivity contribution in [2.75, 3.05) is 6.61 Å². The van der Waals surface area contributed by atoms with Crippen molar-refractivity contribution in [3.63, 3.8) is 0 Å². The standard InChI is InChI=1S/C5H11O7P/c1-3(6)5(8)4(7)2-12-13(9,10)11/h4-5,7-8H,2H2,1H3,(H2,9,10,11)/t4-,5-/m0/s1/i2+1,4+1,5+1. The number of rotatable bonds is 5. The monoisotopic (exact) mass is 217 g/mol. The third-order valence-electron chi connectivity index (χ3n) is 1.19. The average Bonchev–Trinajstić information content (AvgIpc) is 1.97. The van der Waals surface area contributed by atoms with Crippen molar-refractivity contribution in [3.8, 4) is 0 Å². The summed E-state index contributed by atoms with van der Waals surface area (Å²) in [5.74, 6) is -0.707. The van der Waals surface area contributed by atoms with E-state index in [1.165, 1.54) is 0 Å². The Hall–Kier alpha value is -0.300. The molecule has 8 heteroatoms. The molecule has 0 aliphatic rings. The van der Waals surface area contributed by atoms with Crippen LogP contribution < -0.4 is 0 Å². The molecule has 7 nitrogen and oxygen atoms in total. The summed E-state index contributed by atoms with van der Waals surface area (Å²) in [5.41, 5.74) is 0. The summed E-state index contributed by atoms with van der Waals surface area (Å²) in [6.07, 6.45) is -3.32. The van der Waals surface area contributed by atoms with Crippen LogP contribution in [0.25, 0.3) is 0 Å².